The number of anilines is 1. The van der Waals surface area contributed by atoms with Crippen molar-refractivity contribution in [2.24, 2.45) is 0 Å². The Bertz CT molecular complexity index is 1590. The first-order valence-corrected chi connectivity index (χ1v) is 13.5. The number of benzene rings is 3. The third kappa shape index (κ3) is 6.16. The number of carbonyl (C=O) groups excluding carboxylic acids is 1. The Balaban J connectivity index is 1.29. The Morgan fingerprint density at radius 3 is 2.48 bits per heavy atom. The summed E-state index contributed by atoms with van der Waals surface area (Å²) in [7, 11) is 0. The highest BCUT2D eigenvalue weighted by Crippen LogP contribution is 2.28. The molecule has 1 amide bonds. The standard InChI is InChI=1S/C33H34N4O3/c1-22(2)40-31-15-14-26(20-29(31)34)33(39)35-27(16-18-38)19-23-10-12-25(13-11-23)30-21-37-17-6-9-28(32(37)36-30)24-7-4-3-5-8-24/h3-15,17,20-22,27,38H,16,18-19,34H2,1-2H3,(H,35,39)/t27-/m1/s1. The Kier molecular flexibility index (Phi) is 8.12. The molecule has 2 aromatic heterocycles. The van der Waals surface area contributed by atoms with E-state index in [9.17, 15) is 9.90 Å². The Morgan fingerprint density at radius 2 is 1.77 bits per heavy atom. The number of aromatic nitrogens is 2. The number of ether oxygens (including phenoxy) is 1. The van der Waals surface area contributed by atoms with Crippen molar-refractivity contribution in [2.45, 2.75) is 38.8 Å². The first kappa shape index (κ1) is 27.0. The molecule has 40 heavy (non-hydrogen) atoms. The van der Waals surface area contributed by atoms with Gasteiger partial charge in [0.15, 0.2) is 0 Å². The summed E-state index contributed by atoms with van der Waals surface area (Å²) in [6, 6.07) is 27.3. The molecule has 0 aliphatic carbocycles. The molecule has 7 nitrogen and oxygen atoms in total. The van der Waals surface area contributed by atoms with Crippen molar-refractivity contribution in [1.82, 2.24) is 14.7 Å². The molecule has 0 unspecified atom stereocenters. The molecule has 4 N–H and O–H groups in total. The average molecular weight is 535 g/mol. The van der Waals surface area contributed by atoms with E-state index in [1.165, 1.54) is 0 Å². The molecule has 7 heteroatoms. The van der Waals surface area contributed by atoms with Crippen LogP contribution in [0.2, 0.25) is 0 Å². The molecule has 204 valence electrons. The SMILES string of the molecule is CC(C)Oc1ccc(C(=O)N[C@H](CCO)Cc2ccc(-c3cn4cccc(-c5ccccc5)c4n3)cc2)cc1N. The normalized spacial score (nSPS) is 12.0. The number of nitrogen functional groups attached to an aromatic ring is 1. The van der Waals surface area contributed by atoms with Gasteiger partial charge in [-0.1, -0.05) is 54.6 Å². The van der Waals surface area contributed by atoms with Crippen LogP contribution in [-0.2, 0) is 6.42 Å². The van der Waals surface area contributed by atoms with E-state index in [0.29, 0.717) is 29.8 Å². The summed E-state index contributed by atoms with van der Waals surface area (Å²) in [5.74, 6) is 0.317. The lowest BCUT2D eigenvalue weighted by molar-refractivity contribution is 0.0930. The summed E-state index contributed by atoms with van der Waals surface area (Å²) < 4.78 is 7.72. The van der Waals surface area contributed by atoms with Gasteiger partial charge in [0.05, 0.1) is 17.5 Å². The molecule has 0 radical (unpaired) electrons. The Morgan fingerprint density at radius 1 is 1.00 bits per heavy atom. The van der Waals surface area contributed by atoms with Crippen molar-refractivity contribution in [3.63, 3.8) is 0 Å². The minimum atomic E-state index is -0.239. The van der Waals surface area contributed by atoms with Crippen LogP contribution in [-0.4, -0.2) is 39.2 Å². The highest BCUT2D eigenvalue weighted by atomic mass is 16.5. The fourth-order valence-electron chi connectivity index (χ4n) is 4.79. The van der Waals surface area contributed by atoms with Crippen molar-refractivity contribution < 1.29 is 14.6 Å². The van der Waals surface area contributed by atoms with Gasteiger partial charge in [0.2, 0.25) is 0 Å². The predicted molar refractivity (Wildman–Crippen MR) is 159 cm³/mol. The number of fused-ring (bicyclic) bond motifs is 1. The number of aliphatic hydroxyl groups excluding tert-OH is 1. The van der Waals surface area contributed by atoms with E-state index in [0.717, 1.165) is 33.6 Å². The number of amides is 1. The fourth-order valence-corrected chi connectivity index (χ4v) is 4.79. The Hall–Kier alpha value is -4.62. The average Bonchev–Trinajstić information content (AvgIpc) is 3.39. The molecule has 5 rings (SSSR count). The van der Waals surface area contributed by atoms with Crippen LogP contribution in [0.5, 0.6) is 5.75 Å². The number of nitrogens with two attached hydrogens (primary N) is 1. The van der Waals surface area contributed by atoms with E-state index >= 15 is 0 Å². The number of nitrogens with zero attached hydrogens (tertiary/aromatic N) is 2. The van der Waals surface area contributed by atoms with Crippen LogP contribution in [0.15, 0.2) is 97.3 Å². The van der Waals surface area contributed by atoms with Crippen LogP contribution < -0.4 is 15.8 Å². The van der Waals surface area contributed by atoms with Gasteiger partial charge in [0, 0.05) is 41.7 Å². The molecule has 2 heterocycles. The molecule has 0 bridgehead atoms. The molecule has 3 aromatic carbocycles. The molecule has 0 spiro atoms. The second-order valence-electron chi connectivity index (χ2n) is 10.1. The first-order chi connectivity index (χ1) is 19.4. The molecule has 0 aliphatic rings. The van der Waals surface area contributed by atoms with Gasteiger partial charge in [-0.2, -0.15) is 0 Å². The zero-order valence-electron chi connectivity index (χ0n) is 22.7. The van der Waals surface area contributed by atoms with Gasteiger partial charge in [0.1, 0.15) is 11.4 Å². The van der Waals surface area contributed by atoms with E-state index in [-0.39, 0.29) is 24.7 Å². The van der Waals surface area contributed by atoms with Crippen molar-refractivity contribution in [3.8, 4) is 28.1 Å². The van der Waals surface area contributed by atoms with E-state index in [1.807, 2.05) is 79.2 Å². The van der Waals surface area contributed by atoms with Gasteiger partial charge in [-0.05, 0) is 68.1 Å². The number of imidazole rings is 1. The number of rotatable bonds is 10. The van der Waals surface area contributed by atoms with E-state index in [1.54, 1.807) is 18.2 Å². The number of pyridine rings is 1. The topological polar surface area (TPSA) is 102 Å². The van der Waals surface area contributed by atoms with Crippen LogP contribution in [0.4, 0.5) is 5.69 Å². The summed E-state index contributed by atoms with van der Waals surface area (Å²) in [6.45, 7) is 3.81. The lowest BCUT2D eigenvalue weighted by Crippen LogP contribution is -2.37. The summed E-state index contributed by atoms with van der Waals surface area (Å²) in [5, 5.41) is 12.7. The zero-order chi connectivity index (χ0) is 28.1. The van der Waals surface area contributed by atoms with Crippen LogP contribution in [0.25, 0.3) is 28.0 Å². The summed E-state index contributed by atoms with van der Waals surface area (Å²) >= 11 is 0. The number of hydrogen-bond acceptors (Lipinski definition) is 5. The highest BCUT2D eigenvalue weighted by Gasteiger charge is 2.16. The molecule has 0 fully saturated rings. The minimum Gasteiger partial charge on any atom is -0.489 e. The smallest absolute Gasteiger partial charge is 0.251 e. The molecule has 0 saturated heterocycles. The quantitative estimate of drug-likeness (QED) is 0.198. The van der Waals surface area contributed by atoms with Crippen LogP contribution >= 0.6 is 0 Å². The monoisotopic (exact) mass is 534 g/mol. The van der Waals surface area contributed by atoms with Crippen molar-refractivity contribution in [3.05, 3.63) is 108 Å². The van der Waals surface area contributed by atoms with Gasteiger partial charge in [-0.3, -0.25) is 4.79 Å². The summed E-state index contributed by atoms with van der Waals surface area (Å²) in [5.41, 5.74) is 13.0. The van der Waals surface area contributed by atoms with E-state index in [2.05, 4.69) is 23.5 Å². The molecule has 0 aliphatic heterocycles. The maximum absolute atomic E-state index is 13.0. The maximum atomic E-state index is 13.0. The number of carbonyl (C=O) groups is 1. The van der Waals surface area contributed by atoms with Crippen LogP contribution in [0.3, 0.4) is 0 Å². The molecule has 0 saturated carbocycles. The number of nitrogens with one attached hydrogen (secondary N) is 1. The molecular formula is C33H34N4O3. The minimum absolute atomic E-state index is 0.0123. The second kappa shape index (κ2) is 12.1. The molecule has 1 atom stereocenters. The number of aliphatic hydroxyl groups is 1. The van der Waals surface area contributed by atoms with Gasteiger partial charge >= 0.3 is 0 Å². The Labute approximate surface area is 234 Å². The summed E-state index contributed by atoms with van der Waals surface area (Å²) in [6.07, 6.45) is 5.05. The van der Waals surface area contributed by atoms with Gasteiger partial charge in [-0.15, -0.1) is 0 Å². The summed E-state index contributed by atoms with van der Waals surface area (Å²) in [4.78, 5) is 17.9. The van der Waals surface area contributed by atoms with E-state index < -0.39 is 0 Å². The lowest BCUT2D eigenvalue weighted by Gasteiger charge is -2.19. The molecule has 5 aromatic rings. The number of hydrogen-bond donors (Lipinski definition) is 3. The van der Waals surface area contributed by atoms with Crippen LogP contribution in [0, 0.1) is 0 Å². The highest BCUT2D eigenvalue weighted by molar-refractivity contribution is 5.95. The van der Waals surface area contributed by atoms with Crippen molar-refractivity contribution in [2.75, 3.05) is 12.3 Å². The predicted octanol–water partition coefficient (Wildman–Crippen LogP) is 5.76. The third-order valence-corrected chi connectivity index (χ3v) is 6.75. The van der Waals surface area contributed by atoms with Crippen molar-refractivity contribution >= 4 is 17.2 Å². The van der Waals surface area contributed by atoms with Gasteiger partial charge < -0.3 is 25.3 Å². The fraction of sp³-hybridized carbons (Fsp3) is 0.212. The second-order valence-corrected chi connectivity index (χ2v) is 10.1. The zero-order valence-corrected chi connectivity index (χ0v) is 22.7. The van der Waals surface area contributed by atoms with Gasteiger partial charge in [0.25, 0.3) is 5.91 Å². The van der Waals surface area contributed by atoms with Crippen molar-refractivity contribution in [1.29, 1.82) is 0 Å². The van der Waals surface area contributed by atoms with Gasteiger partial charge in [-0.25, -0.2) is 4.98 Å². The molecular weight excluding hydrogens is 500 g/mol. The van der Waals surface area contributed by atoms with Crippen LogP contribution in [0.1, 0.15) is 36.2 Å². The van der Waals surface area contributed by atoms with E-state index in [4.69, 9.17) is 15.5 Å². The maximum Gasteiger partial charge on any atom is 0.251 e. The largest absolute Gasteiger partial charge is 0.489 e. The third-order valence-electron chi connectivity index (χ3n) is 6.75. The lowest BCUT2D eigenvalue weighted by atomic mass is 10.0. The first-order valence-electron chi connectivity index (χ1n) is 13.5.